The Morgan fingerprint density at radius 2 is 1.07 bits per heavy atom. The molecular formula is C14H34. The Morgan fingerprint density at radius 1 is 0.714 bits per heavy atom. The molecule has 0 heterocycles. The molecule has 0 aromatic heterocycles. The second-order valence-corrected chi connectivity index (χ2v) is 2.36. The minimum absolute atomic E-state index is 1.23. The van der Waals surface area contributed by atoms with Crippen molar-refractivity contribution < 1.29 is 0 Å². The number of hydrogen-bond donors (Lipinski definition) is 0. The van der Waals surface area contributed by atoms with Crippen molar-refractivity contribution in [2.24, 2.45) is 0 Å². The topological polar surface area (TPSA) is 0 Å². The highest BCUT2D eigenvalue weighted by molar-refractivity contribution is 4.75. The lowest BCUT2D eigenvalue weighted by Gasteiger charge is -1.76. The van der Waals surface area contributed by atoms with E-state index >= 15 is 0 Å². The quantitative estimate of drug-likeness (QED) is 0.476. The maximum atomic E-state index is 2.18. The van der Waals surface area contributed by atoms with Crippen molar-refractivity contribution in [1.29, 1.82) is 0 Å². The van der Waals surface area contributed by atoms with E-state index in [1.54, 1.807) is 0 Å². The Hall–Kier alpha value is -0.260. The molecule has 14 heavy (non-hydrogen) atoms. The standard InChI is InChI=1S/C6H12.C4H10.2C2H6/c1-3-5-6-4-2;1-3-4-2;2*1-2/h3,5H,4,6H2,1-2H3;3-4H2,1-2H3;2*1-2H3/b5-3+;;;. The van der Waals surface area contributed by atoms with Crippen LogP contribution in [-0.2, 0) is 0 Å². The Bertz CT molecular complexity index is 51.1. The van der Waals surface area contributed by atoms with Crippen LogP contribution in [0, 0.1) is 0 Å². The first-order chi connectivity index (χ1) is 6.83. The fourth-order valence-electron chi connectivity index (χ4n) is 0.333. The normalized spacial score (nSPS) is 7.43. The van der Waals surface area contributed by atoms with Crippen molar-refractivity contribution in [3.8, 4) is 0 Å². The number of hydrogen-bond acceptors (Lipinski definition) is 0. The van der Waals surface area contributed by atoms with Crippen molar-refractivity contribution in [1.82, 2.24) is 0 Å². The highest BCUT2D eigenvalue weighted by atomic mass is 13.7. The van der Waals surface area contributed by atoms with Crippen LogP contribution in [0.25, 0.3) is 0 Å². The summed E-state index contributed by atoms with van der Waals surface area (Å²) >= 11 is 0. The molecule has 90 valence electrons. The molecule has 0 aromatic carbocycles. The van der Waals surface area contributed by atoms with Crippen LogP contribution in [0.2, 0.25) is 0 Å². The van der Waals surface area contributed by atoms with Gasteiger partial charge in [-0.25, -0.2) is 0 Å². The third-order valence-electron chi connectivity index (χ3n) is 1.19. The first-order valence-corrected chi connectivity index (χ1v) is 6.44. The Morgan fingerprint density at radius 3 is 1.14 bits per heavy atom. The van der Waals surface area contributed by atoms with Gasteiger partial charge in [0, 0.05) is 0 Å². The molecule has 0 fully saturated rings. The Kier molecular flexibility index (Phi) is 89.5. The molecule has 0 unspecified atom stereocenters. The lowest BCUT2D eigenvalue weighted by atomic mass is 10.3. The summed E-state index contributed by atoms with van der Waals surface area (Å²) in [5.74, 6) is 0. The van der Waals surface area contributed by atoms with E-state index in [1.165, 1.54) is 25.7 Å². The molecule has 0 amide bonds. The smallest absolute Gasteiger partial charge is 0.0353 e. The third-order valence-corrected chi connectivity index (χ3v) is 1.19. The van der Waals surface area contributed by atoms with Gasteiger partial charge < -0.3 is 0 Å². The fourth-order valence-corrected chi connectivity index (χ4v) is 0.333. The van der Waals surface area contributed by atoms with E-state index in [-0.39, 0.29) is 0 Å². The van der Waals surface area contributed by atoms with Crippen LogP contribution in [0.4, 0.5) is 0 Å². The molecule has 0 bridgehead atoms. The summed E-state index contributed by atoms with van der Waals surface area (Å²) in [6.07, 6.45) is 9.41. The second-order valence-electron chi connectivity index (χ2n) is 2.36. The van der Waals surface area contributed by atoms with Crippen molar-refractivity contribution in [2.75, 3.05) is 0 Å². The molecule has 0 radical (unpaired) electrons. The van der Waals surface area contributed by atoms with Crippen LogP contribution in [-0.4, -0.2) is 0 Å². The first-order valence-electron chi connectivity index (χ1n) is 6.44. The van der Waals surface area contributed by atoms with Crippen molar-refractivity contribution >= 4 is 0 Å². The first kappa shape index (κ1) is 23.5. The van der Waals surface area contributed by atoms with E-state index in [0.717, 1.165) is 0 Å². The summed E-state index contributed by atoms with van der Waals surface area (Å²) in [6.45, 7) is 16.6. The van der Waals surface area contributed by atoms with Crippen LogP contribution in [0.5, 0.6) is 0 Å². The molecule has 0 heteroatoms. The largest absolute Gasteiger partial charge is 0.0917 e. The Labute approximate surface area is 93.8 Å². The van der Waals surface area contributed by atoms with Crippen LogP contribution in [0.3, 0.4) is 0 Å². The molecule has 0 aliphatic carbocycles. The summed E-state index contributed by atoms with van der Waals surface area (Å²) in [7, 11) is 0. The van der Waals surface area contributed by atoms with E-state index in [4.69, 9.17) is 0 Å². The monoisotopic (exact) mass is 202 g/mol. The summed E-state index contributed by atoms with van der Waals surface area (Å²) < 4.78 is 0. The molecule has 0 aliphatic heterocycles. The molecule has 0 N–H and O–H groups in total. The zero-order valence-electron chi connectivity index (χ0n) is 12.0. The lowest BCUT2D eigenvalue weighted by Crippen LogP contribution is -1.55. The van der Waals surface area contributed by atoms with Gasteiger partial charge in [-0.15, -0.1) is 0 Å². The summed E-state index contributed by atoms with van der Waals surface area (Å²) in [5, 5.41) is 0. The van der Waals surface area contributed by atoms with E-state index in [2.05, 4.69) is 39.8 Å². The number of rotatable bonds is 3. The van der Waals surface area contributed by atoms with Crippen LogP contribution < -0.4 is 0 Å². The number of allylic oxidation sites excluding steroid dienone is 2. The van der Waals surface area contributed by atoms with Gasteiger partial charge in [-0.05, 0) is 13.3 Å². The molecule has 0 nitrogen and oxygen atoms in total. The van der Waals surface area contributed by atoms with Crippen LogP contribution >= 0.6 is 0 Å². The van der Waals surface area contributed by atoms with Gasteiger partial charge in [0.25, 0.3) is 0 Å². The van der Waals surface area contributed by atoms with Crippen molar-refractivity contribution in [2.45, 2.75) is 81.1 Å². The third kappa shape index (κ3) is 96.8. The van der Waals surface area contributed by atoms with Gasteiger partial charge in [0.15, 0.2) is 0 Å². The molecule has 0 aromatic rings. The van der Waals surface area contributed by atoms with E-state index < -0.39 is 0 Å². The predicted octanol–water partition coefficient (Wildman–Crippen LogP) is 6.22. The van der Waals surface area contributed by atoms with E-state index in [1.807, 2.05) is 27.7 Å². The summed E-state index contributed by atoms with van der Waals surface area (Å²) in [4.78, 5) is 0. The molecule has 0 aliphatic rings. The molecule has 0 saturated carbocycles. The molecule has 0 atom stereocenters. The van der Waals surface area contributed by atoms with Gasteiger partial charge in [0.1, 0.15) is 0 Å². The SMILES string of the molecule is C/C=C/CCC.CC.CC.CCCC. The highest BCUT2D eigenvalue weighted by Crippen LogP contribution is 1.85. The van der Waals surface area contributed by atoms with Gasteiger partial charge >= 0.3 is 0 Å². The minimum Gasteiger partial charge on any atom is -0.0917 e. The van der Waals surface area contributed by atoms with Gasteiger partial charge in [-0.3, -0.25) is 0 Å². The molecule has 0 spiro atoms. The molecule has 0 saturated heterocycles. The molecule has 0 rings (SSSR count). The van der Waals surface area contributed by atoms with Crippen LogP contribution in [0.1, 0.15) is 81.1 Å². The van der Waals surface area contributed by atoms with Gasteiger partial charge in [-0.2, -0.15) is 0 Å². The average Bonchev–Trinajstić information content (AvgIpc) is 2.32. The van der Waals surface area contributed by atoms with Crippen LogP contribution in [0.15, 0.2) is 12.2 Å². The number of unbranched alkanes of at least 4 members (excludes halogenated alkanes) is 2. The average molecular weight is 202 g/mol. The van der Waals surface area contributed by atoms with Gasteiger partial charge in [0.2, 0.25) is 0 Å². The van der Waals surface area contributed by atoms with Crippen molar-refractivity contribution in [3.63, 3.8) is 0 Å². The van der Waals surface area contributed by atoms with Crippen molar-refractivity contribution in [3.05, 3.63) is 12.2 Å². The van der Waals surface area contributed by atoms with E-state index in [9.17, 15) is 0 Å². The van der Waals surface area contributed by atoms with E-state index in [0.29, 0.717) is 0 Å². The zero-order valence-corrected chi connectivity index (χ0v) is 12.0. The Balaban J connectivity index is -0.0000000546. The summed E-state index contributed by atoms with van der Waals surface area (Å²) in [6, 6.07) is 0. The van der Waals surface area contributed by atoms with Gasteiger partial charge in [-0.1, -0.05) is 79.9 Å². The summed E-state index contributed by atoms with van der Waals surface area (Å²) in [5.41, 5.74) is 0. The lowest BCUT2D eigenvalue weighted by molar-refractivity contribution is 0.886. The fraction of sp³-hybridized carbons (Fsp3) is 0.857. The maximum Gasteiger partial charge on any atom is -0.0353 e. The maximum absolute atomic E-state index is 2.18. The predicted molar refractivity (Wildman–Crippen MR) is 73.0 cm³/mol. The minimum atomic E-state index is 1.23. The molecular weight excluding hydrogens is 168 g/mol. The highest BCUT2D eigenvalue weighted by Gasteiger charge is 1.64. The second kappa shape index (κ2) is 53.3. The van der Waals surface area contributed by atoms with Gasteiger partial charge in [0.05, 0.1) is 0 Å². The zero-order chi connectivity index (χ0) is 12.2.